The van der Waals surface area contributed by atoms with Crippen LogP contribution in [0.4, 0.5) is 10.3 Å². The van der Waals surface area contributed by atoms with Gasteiger partial charge in [0.1, 0.15) is 12.1 Å². The van der Waals surface area contributed by atoms with Crippen LogP contribution in [-0.4, -0.2) is 59.1 Å². The lowest BCUT2D eigenvalue weighted by Gasteiger charge is -2.28. The molecular formula is C28H28FN9O. The number of hydrogen-bond donors (Lipinski definition) is 2. The van der Waals surface area contributed by atoms with Gasteiger partial charge < -0.3 is 15.7 Å². The van der Waals surface area contributed by atoms with Gasteiger partial charge in [0.05, 0.1) is 36.1 Å². The molecule has 39 heavy (non-hydrogen) atoms. The van der Waals surface area contributed by atoms with E-state index in [4.69, 9.17) is 10.8 Å². The molecule has 4 aromatic heterocycles. The predicted octanol–water partition coefficient (Wildman–Crippen LogP) is 3.03. The van der Waals surface area contributed by atoms with Gasteiger partial charge in [-0.2, -0.15) is 10.2 Å². The Morgan fingerprint density at radius 3 is 2.51 bits per heavy atom. The molecule has 1 unspecified atom stereocenters. The molecule has 0 radical (unpaired) electrons. The molecule has 0 amide bonds. The fourth-order valence-electron chi connectivity index (χ4n) is 4.85. The van der Waals surface area contributed by atoms with E-state index in [0.29, 0.717) is 19.0 Å². The topological polar surface area (TPSA) is 123 Å². The van der Waals surface area contributed by atoms with Crippen molar-refractivity contribution >= 4 is 17.0 Å². The van der Waals surface area contributed by atoms with E-state index in [1.165, 1.54) is 12.1 Å². The van der Waals surface area contributed by atoms with E-state index in [9.17, 15) is 4.39 Å². The first-order valence-electron chi connectivity index (χ1n) is 12.7. The second-order valence-electron chi connectivity index (χ2n) is 9.79. The van der Waals surface area contributed by atoms with Crippen molar-refractivity contribution in [1.82, 2.24) is 34.3 Å². The van der Waals surface area contributed by atoms with Gasteiger partial charge >= 0.3 is 0 Å². The lowest BCUT2D eigenvalue weighted by Crippen LogP contribution is -2.35. The summed E-state index contributed by atoms with van der Waals surface area (Å²) in [5, 5.41) is 17.9. The number of nitrogens with two attached hydrogens (primary N) is 1. The predicted molar refractivity (Wildman–Crippen MR) is 145 cm³/mol. The summed E-state index contributed by atoms with van der Waals surface area (Å²) in [6.07, 6.45) is 13.6. The zero-order chi connectivity index (χ0) is 27.0. The highest BCUT2D eigenvalue weighted by Gasteiger charge is 2.26. The van der Waals surface area contributed by atoms with Crippen molar-refractivity contribution in [3.05, 3.63) is 96.4 Å². The zero-order valence-corrected chi connectivity index (χ0v) is 21.4. The fraction of sp³-hybridized carbons (Fsp3) is 0.250. The molecule has 1 atom stereocenters. The van der Waals surface area contributed by atoms with Gasteiger partial charge in [0.15, 0.2) is 0 Å². The van der Waals surface area contributed by atoms with Crippen LogP contribution in [0.1, 0.15) is 30.2 Å². The average molecular weight is 526 g/mol. The van der Waals surface area contributed by atoms with Gasteiger partial charge in [-0.25, -0.2) is 23.9 Å². The first kappa shape index (κ1) is 24.8. The third-order valence-corrected chi connectivity index (χ3v) is 7.18. The molecule has 0 bridgehead atoms. The minimum atomic E-state index is -0.840. The standard InChI is InChI=1S/C28H28FN9O/c1-28(30,22-2-4-24(29)5-3-22)23-14-31-27(32-15-23)36-8-6-19(7-9-36)26-25-12-20(17-38(25)35-18-33-26)21-13-34-37(16-21)10-11-39/h2-6,12-18,39H,7-11,30H2,1H3. The van der Waals surface area contributed by atoms with Crippen molar-refractivity contribution in [3.8, 4) is 11.1 Å². The molecular weight excluding hydrogens is 497 g/mol. The Hall–Kier alpha value is -4.48. The van der Waals surface area contributed by atoms with E-state index in [-0.39, 0.29) is 12.4 Å². The summed E-state index contributed by atoms with van der Waals surface area (Å²) in [4.78, 5) is 15.9. The maximum Gasteiger partial charge on any atom is 0.225 e. The molecule has 0 saturated heterocycles. The molecule has 6 rings (SSSR count). The Morgan fingerprint density at radius 2 is 1.79 bits per heavy atom. The van der Waals surface area contributed by atoms with E-state index in [2.05, 4.69) is 42.2 Å². The van der Waals surface area contributed by atoms with Crippen LogP contribution in [0.15, 0.2) is 73.7 Å². The number of aliphatic hydroxyl groups is 1. The number of anilines is 1. The van der Waals surface area contributed by atoms with Crippen molar-refractivity contribution in [2.45, 2.75) is 25.4 Å². The summed E-state index contributed by atoms with van der Waals surface area (Å²) in [5.74, 6) is 0.326. The van der Waals surface area contributed by atoms with Gasteiger partial charge in [-0.1, -0.05) is 18.2 Å². The summed E-state index contributed by atoms with van der Waals surface area (Å²) in [6, 6.07) is 8.24. The second-order valence-corrected chi connectivity index (χ2v) is 9.79. The maximum absolute atomic E-state index is 13.4. The number of nitrogens with zero attached hydrogens (tertiary/aromatic N) is 8. The van der Waals surface area contributed by atoms with Crippen LogP contribution in [0.3, 0.4) is 0 Å². The van der Waals surface area contributed by atoms with E-state index in [1.807, 2.05) is 23.8 Å². The highest BCUT2D eigenvalue weighted by Crippen LogP contribution is 2.30. The van der Waals surface area contributed by atoms with Gasteiger partial charge in [0.25, 0.3) is 0 Å². The smallest absolute Gasteiger partial charge is 0.225 e. The van der Waals surface area contributed by atoms with Crippen molar-refractivity contribution in [2.24, 2.45) is 5.73 Å². The summed E-state index contributed by atoms with van der Waals surface area (Å²) in [7, 11) is 0. The van der Waals surface area contributed by atoms with Gasteiger partial charge in [-0.3, -0.25) is 4.68 Å². The van der Waals surface area contributed by atoms with Gasteiger partial charge in [-0.15, -0.1) is 0 Å². The highest BCUT2D eigenvalue weighted by molar-refractivity contribution is 5.80. The van der Waals surface area contributed by atoms with Crippen molar-refractivity contribution < 1.29 is 9.50 Å². The molecule has 0 spiro atoms. The number of aliphatic hydroxyl groups excluding tert-OH is 1. The lowest BCUT2D eigenvalue weighted by molar-refractivity contribution is 0.269. The summed E-state index contributed by atoms with van der Waals surface area (Å²) >= 11 is 0. The van der Waals surface area contributed by atoms with Crippen LogP contribution in [0.25, 0.3) is 22.2 Å². The summed E-state index contributed by atoms with van der Waals surface area (Å²) in [5.41, 5.74) is 12.2. The number of hydrogen-bond acceptors (Lipinski definition) is 8. The first-order chi connectivity index (χ1) is 18.9. The largest absolute Gasteiger partial charge is 0.394 e. The van der Waals surface area contributed by atoms with Crippen LogP contribution in [-0.2, 0) is 12.1 Å². The molecule has 10 nitrogen and oxygen atoms in total. The number of benzene rings is 1. The molecule has 5 aromatic rings. The molecule has 0 aliphatic carbocycles. The summed E-state index contributed by atoms with van der Waals surface area (Å²) < 4.78 is 16.9. The molecule has 1 aliphatic rings. The molecule has 1 aromatic carbocycles. The fourth-order valence-corrected chi connectivity index (χ4v) is 4.85. The number of rotatable bonds is 7. The SMILES string of the molecule is CC(N)(c1ccc(F)cc1)c1cnc(N2CC=C(c3ncnn4cc(-c5cnn(CCO)c5)cc34)CC2)nc1. The van der Waals surface area contributed by atoms with Crippen LogP contribution >= 0.6 is 0 Å². The number of halogens is 1. The Labute approximate surface area is 224 Å². The third kappa shape index (κ3) is 4.77. The van der Waals surface area contributed by atoms with Gasteiger partial charge in [0.2, 0.25) is 5.95 Å². The van der Waals surface area contributed by atoms with Crippen molar-refractivity contribution in [1.29, 1.82) is 0 Å². The Kier molecular flexibility index (Phi) is 6.37. The lowest BCUT2D eigenvalue weighted by atomic mass is 9.87. The Balaban J connectivity index is 1.20. The average Bonchev–Trinajstić information content (AvgIpc) is 3.61. The summed E-state index contributed by atoms with van der Waals surface area (Å²) in [6.45, 7) is 3.74. The van der Waals surface area contributed by atoms with Crippen LogP contribution in [0, 0.1) is 5.82 Å². The number of fused-ring (bicyclic) bond motifs is 1. The molecule has 5 heterocycles. The van der Waals surface area contributed by atoms with Crippen LogP contribution in [0.2, 0.25) is 0 Å². The van der Waals surface area contributed by atoms with Crippen molar-refractivity contribution in [3.63, 3.8) is 0 Å². The second kappa shape index (κ2) is 10.0. The maximum atomic E-state index is 13.4. The minimum absolute atomic E-state index is 0.0389. The van der Waals surface area contributed by atoms with Crippen LogP contribution < -0.4 is 10.6 Å². The molecule has 198 valence electrons. The monoisotopic (exact) mass is 525 g/mol. The highest BCUT2D eigenvalue weighted by atomic mass is 19.1. The molecule has 3 N–H and O–H groups in total. The zero-order valence-electron chi connectivity index (χ0n) is 21.4. The number of aromatic nitrogens is 7. The first-order valence-corrected chi connectivity index (χ1v) is 12.7. The quantitative estimate of drug-likeness (QED) is 0.332. The minimum Gasteiger partial charge on any atom is -0.394 e. The van der Waals surface area contributed by atoms with E-state index in [1.54, 1.807) is 41.7 Å². The van der Waals surface area contributed by atoms with E-state index >= 15 is 0 Å². The Morgan fingerprint density at radius 1 is 1.00 bits per heavy atom. The van der Waals surface area contributed by atoms with Crippen molar-refractivity contribution in [2.75, 3.05) is 24.6 Å². The van der Waals surface area contributed by atoms with E-state index < -0.39 is 5.54 Å². The molecule has 0 fully saturated rings. The van der Waals surface area contributed by atoms with E-state index in [0.717, 1.165) is 52.0 Å². The van der Waals surface area contributed by atoms with Gasteiger partial charge in [0, 0.05) is 54.6 Å². The molecule has 11 heteroatoms. The molecule has 0 saturated carbocycles. The third-order valence-electron chi connectivity index (χ3n) is 7.18. The molecule has 1 aliphatic heterocycles. The Bertz CT molecular complexity index is 1640. The van der Waals surface area contributed by atoms with Crippen LogP contribution in [0.5, 0.6) is 0 Å². The normalized spacial score (nSPS) is 15.4. The van der Waals surface area contributed by atoms with Gasteiger partial charge in [-0.05, 0) is 42.7 Å².